The first-order chi connectivity index (χ1) is 8.92. The average molecular weight is 330 g/mol. The summed E-state index contributed by atoms with van der Waals surface area (Å²) >= 11 is 3.15. The molecule has 19 heavy (non-hydrogen) atoms. The number of aromatic carboxylic acids is 1. The summed E-state index contributed by atoms with van der Waals surface area (Å²) in [4.78, 5) is 33.2. The Labute approximate surface area is 117 Å². The molecule has 0 spiro atoms. The van der Waals surface area contributed by atoms with Gasteiger partial charge in [0, 0.05) is 17.2 Å². The van der Waals surface area contributed by atoms with Crippen molar-refractivity contribution in [2.75, 3.05) is 18.9 Å². The Morgan fingerprint density at radius 1 is 1.26 bits per heavy atom. The number of anilines is 1. The second-order valence-electron chi connectivity index (χ2n) is 3.51. The Hall–Kier alpha value is -2.09. The molecule has 4 N–H and O–H groups in total. The molecule has 3 amide bonds. The van der Waals surface area contributed by atoms with E-state index in [-0.39, 0.29) is 18.0 Å². The molecule has 0 bridgehead atoms. The zero-order valence-corrected chi connectivity index (χ0v) is 11.6. The average Bonchev–Trinajstić information content (AvgIpc) is 2.35. The topological polar surface area (TPSA) is 108 Å². The van der Waals surface area contributed by atoms with Crippen molar-refractivity contribution in [1.29, 1.82) is 0 Å². The number of hydrogen-bond donors (Lipinski definition) is 4. The quantitative estimate of drug-likeness (QED) is 0.661. The molecule has 0 saturated heterocycles. The first kappa shape index (κ1) is 15.0. The van der Waals surface area contributed by atoms with E-state index in [9.17, 15) is 14.4 Å². The van der Waals surface area contributed by atoms with Crippen molar-refractivity contribution in [2.24, 2.45) is 0 Å². The van der Waals surface area contributed by atoms with Gasteiger partial charge in [-0.3, -0.25) is 4.79 Å². The summed E-state index contributed by atoms with van der Waals surface area (Å²) < 4.78 is 0.522. The lowest BCUT2D eigenvalue weighted by Crippen LogP contribution is -2.37. The van der Waals surface area contributed by atoms with Crippen LogP contribution in [-0.2, 0) is 4.79 Å². The zero-order valence-electron chi connectivity index (χ0n) is 9.99. The molecule has 0 heterocycles. The lowest BCUT2D eigenvalue weighted by Gasteiger charge is -2.08. The maximum absolute atomic E-state index is 11.5. The van der Waals surface area contributed by atoms with E-state index in [4.69, 9.17) is 5.11 Å². The number of carboxylic acids is 1. The van der Waals surface area contributed by atoms with Crippen LogP contribution in [0.25, 0.3) is 0 Å². The number of carboxylic acid groups (broad SMARTS) is 1. The zero-order chi connectivity index (χ0) is 14.4. The summed E-state index contributed by atoms with van der Waals surface area (Å²) in [6, 6.07) is 3.67. The summed E-state index contributed by atoms with van der Waals surface area (Å²) in [5.74, 6) is -1.44. The van der Waals surface area contributed by atoms with Gasteiger partial charge in [-0.15, -0.1) is 0 Å². The van der Waals surface area contributed by atoms with Gasteiger partial charge < -0.3 is 21.1 Å². The molecule has 0 aromatic heterocycles. The number of urea groups is 1. The van der Waals surface area contributed by atoms with E-state index < -0.39 is 12.0 Å². The maximum atomic E-state index is 11.5. The van der Waals surface area contributed by atoms with Crippen molar-refractivity contribution in [3.8, 4) is 0 Å². The number of nitrogens with one attached hydrogen (secondary N) is 3. The molecule has 0 aliphatic rings. The van der Waals surface area contributed by atoms with E-state index in [1.54, 1.807) is 6.07 Å². The Morgan fingerprint density at radius 3 is 2.53 bits per heavy atom. The van der Waals surface area contributed by atoms with Crippen LogP contribution in [0.15, 0.2) is 22.7 Å². The molecule has 0 aliphatic heterocycles. The third-order valence-electron chi connectivity index (χ3n) is 2.09. The van der Waals surface area contributed by atoms with Crippen molar-refractivity contribution < 1.29 is 19.5 Å². The molecule has 0 radical (unpaired) electrons. The smallest absolute Gasteiger partial charge is 0.335 e. The van der Waals surface area contributed by atoms with E-state index >= 15 is 0 Å². The van der Waals surface area contributed by atoms with Crippen LogP contribution in [0.3, 0.4) is 0 Å². The predicted molar refractivity (Wildman–Crippen MR) is 72.2 cm³/mol. The van der Waals surface area contributed by atoms with Gasteiger partial charge in [0.2, 0.25) is 5.91 Å². The van der Waals surface area contributed by atoms with Gasteiger partial charge in [-0.1, -0.05) is 15.9 Å². The predicted octanol–water partition coefficient (Wildman–Crippen LogP) is 1.01. The second kappa shape index (κ2) is 6.74. The maximum Gasteiger partial charge on any atom is 0.335 e. The van der Waals surface area contributed by atoms with E-state index in [0.29, 0.717) is 10.2 Å². The molecule has 0 saturated carbocycles. The van der Waals surface area contributed by atoms with Crippen molar-refractivity contribution in [2.45, 2.75) is 0 Å². The van der Waals surface area contributed by atoms with E-state index in [1.165, 1.54) is 19.2 Å². The van der Waals surface area contributed by atoms with Gasteiger partial charge in [0.25, 0.3) is 0 Å². The molecule has 0 atom stereocenters. The number of amides is 3. The van der Waals surface area contributed by atoms with Gasteiger partial charge in [-0.05, 0) is 18.2 Å². The Bertz CT molecular complexity index is 519. The standard InChI is InChI=1S/C11H12BrN3O4/c1-13-9(16)5-14-11(19)15-8-3-6(10(17)18)2-7(12)4-8/h2-4H,5H2,1H3,(H,13,16)(H,17,18)(H2,14,15,19). The fraction of sp³-hybridized carbons (Fsp3) is 0.182. The highest BCUT2D eigenvalue weighted by molar-refractivity contribution is 9.10. The molecule has 0 fully saturated rings. The molecule has 1 aromatic carbocycles. The SMILES string of the molecule is CNC(=O)CNC(=O)Nc1cc(Br)cc(C(=O)O)c1. The third-order valence-corrected chi connectivity index (χ3v) is 2.55. The molecule has 1 aromatic rings. The summed E-state index contributed by atoms with van der Waals surface area (Å²) in [6.45, 7) is -0.165. The van der Waals surface area contributed by atoms with Crippen LogP contribution >= 0.6 is 15.9 Å². The number of halogens is 1. The van der Waals surface area contributed by atoms with E-state index in [1.807, 2.05) is 0 Å². The van der Waals surface area contributed by atoms with Gasteiger partial charge in [0.05, 0.1) is 12.1 Å². The van der Waals surface area contributed by atoms with Crippen LogP contribution < -0.4 is 16.0 Å². The van der Waals surface area contributed by atoms with E-state index in [2.05, 4.69) is 31.9 Å². The van der Waals surface area contributed by atoms with Crippen molar-refractivity contribution in [1.82, 2.24) is 10.6 Å². The molecular formula is C11H12BrN3O4. The van der Waals surface area contributed by atoms with Gasteiger partial charge in [-0.25, -0.2) is 9.59 Å². The van der Waals surface area contributed by atoms with E-state index in [0.717, 1.165) is 0 Å². The third kappa shape index (κ3) is 4.96. The van der Waals surface area contributed by atoms with Gasteiger partial charge in [0.1, 0.15) is 0 Å². The van der Waals surface area contributed by atoms with Crippen molar-refractivity contribution >= 4 is 39.5 Å². The number of likely N-dealkylation sites (N-methyl/N-ethyl adjacent to an activating group) is 1. The molecule has 8 heteroatoms. The fourth-order valence-corrected chi connectivity index (χ4v) is 1.70. The highest BCUT2D eigenvalue weighted by Crippen LogP contribution is 2.19. The summed E-state index contributed by atoms with van der Waals surface area (Å²) in [7, 11) is 1.45. The minimum absolute atomic E-state index is 0.0379. The molecular weight excluding hydrogens is 318 g/mol. The van der Waals surface area contributed by atoms with Crippen molar-refractivity contribution in [3.63, 3.8) is 0 Å². The monoisotopic (exact) mass is 329 g/mol. The second-order valence-corrected chi connectivity index (χ2v) is 4.43. The highest BCUT2D eigenvalue weighted by Gasteiger charge is 2.09. The normalized spacial score (nSPS) is 9.58. The molecule has 1 rings (SSSR count). The number of carbonyl (C=O) groups excluding carboxylic acids is 2. The summed E-state index contributed by atoms with van der Waals surface area (Å²) in [6.07, 6.45) is 0. The minimum atomic E-state index is -1.10. The lowest BCUT2D eigenvalue weighted by molar-refractivity contribution is -0.119. The van der Waals surface area contributed by atoms with Gasteiger partial charge >= 0.3 is 12.0 Å². The lowest BCUT2D eigenvalue weighted by atomic mass is 10.2. The summed E-state index contributed by atoms with van der Waals surface area (Å²) in [5.41, 5.74) is 0.345. The number of hydrogen-bond acceptors (Lipinski definition) is 3. The van der Waals surface area contributed by atoms with Crippen LogP contribution in [0.4, 0.5) is 10.5 Å². The fourth-order valence-electron chi connectivity index (χ4n) is 1.21. The number of rotatable bonds is 4. The van der Waals surface area contributed by atoms with Crippen LogP contribution in [0.1, 0.15) is 10.4 Å². The number of carbonyl (C=O) groups is 3. The Morgan fingerprint density at radius 2 is 1.95 bits per heavy atom. The molecule has 7 nitrogen and oxygen atoms in total. The first-order valence-corrected chi connectivity index (χ1v) is 6.01. The Kier molecular flexibility index (Phi) is 5.31. The van der Waals surface area contributed by atoms with Crippen LogP contribution in [0, 0.1) is 0 Å². The molecule has 0 aliphatic carbocycles. The van der Waals surface area contributed by atoms with Crippen molar-refractivity contribution in [3.05, 3.63) is 28.2 Å². The molecule has 102 valence electrons. The van der Waals surface area contributed by atoms with Crippen LogP contribution in [0.2, 0.25) is 0 Å². The Balaban J connectivity index is 2.69. The largest absolute Gasteiger partial charge is 0.478 e. The number of benzene rings is 1. The highest BCUT2D eigenvalue weighted by atomic mass is 79.9. The van der Waals surface area contributed by atoms with Crippen LogP contribution in [0.5, 0.6) is 0 Å². The van der Waals surface area contributed by atoms with Gasteiger partial charge in [-0.2, -0.15) is 0 Å². The minimum Gasteiger partial charge on any atom is -0.478 e. The molecule has 0 unspecified atom stereocenters. The first-order valence-electron chi connectivity index (χ1n) is 5.21. The summed E-state index contributed by atoms with van der Waals surface area (Å²) in [5, 5.41) is 16.0. The van der Waals surface area contributed by atoms with Crippen LogP contribution in [-0.4, -0.2) is 36.6 Å². The van der Waals surface area contributed by atoms with Gasteiger partial charge in [0.15, 0.2) is 0 Å².